The molecule has 16 heavy (non-hydrogen) atoms. The number of rotatable bonds is 4. The predicted molar refractivity (Wildman–Crippen MR) is 63.0 cm³/mol. The standard InChI is InChI=1S/C11H17N5/c1-3-6-15-10(4-5-13-15)8-16-11(12)9(2)7-14-16/h4-5,7H,3,6,8,12H2,1-2H3. The van der Waals surface area contributed by atoms with E-state index in [4.69, 9.17) is 5.73 Å². The maximum atomic E-state index is 5.91. The summed E-state index contributed by atoms with van der Waals surface area (Å²) in [6, 6.07) is 2.01. The van der Waals surface area contributed by atoms with Gasteiger partial charge in [-0.3, -0.25) is 4.68 Å². The van der Waals surface area contributed by atoms with Crippen LogP contribution >= 0.6 is 0 Å². The average Bonchev–Trinajstić information content (AvgIpc) is 2.82. The summed E-state index contributed by atoms with van der Waals surface area (Å²) in [6.45, 7) is 5.71. The third kappa shape index (κ3) is 1.93. The molecule has 0 radical (unpaired) electrons. The molecular formula is C11H17N5. The van der Waals surface area contributed by atoms with Crippen molar-refractivity contribution in [1.29, 1.82) is 0 Å². The highest BCUT2D eigenvalue weighted by Gasteiger charge is 2.07. The number of hydrogen-bond acceptors (Lipinski definition) is 3. The second-order valence-corrected chi connectivity index (χ2v) is 3.92. The largest absolute Gasteiger partial charge is 0.384 e. The number of aryl methyl sites for hydroxylation is 2. The molecule has 2 rings (SSSR count). The molecule has 0 saturated heterocycles. The lowest BCUT2D eigenvalue weighted by Crippen LogP contribution is -2.11. The van der Waals surface area contributed by atoms with Crippen LogP contribution in [0.2, 0.25) is 0 Å². The second-order valence-electron chi connectivity index (χ2n) is 3.92. The monoisotopic (exact) mass is 219 g/mol. The minimum Gasteiger partial charge on any atom is -0.384 e. The number of aromatic nitrogens is 4. The Bertz CT molecular complexity index is 468. The lowest BCUT2D eigenvalue weighted by Gasteiger charge is -2.07. The van der Waals surface area contributed by atoms with Gasteiger partial charge < -0.3 is 5.73 Å². The zero-order valence-corrected chi connectivity index (χ0v) is 9.72. The van der Waals surface area contributed by atoms with Crippen molar-refractivity contribution in [2.24, 2.45) is 0 Å². The van der Waals surface area contributed by atoms with Crippen LogP contribution in [0.3, 0.4) is 0 Å². The maximum Gasteiger partial charge on any atom is 0.125 e. The molecule has 2 N–H and O–H groups in total. The van der Waals surface area contributed by atoms with Crippen LogP contribution in [0.5, 0.6) is 0 Å². The van der Waals surface area contributed by atoms with Crippen molar-refractivity contribution < 1.29 is 0 Å². The van der Waals surface area contributed by atoms with E-state index in [0.29, 0.717) is 6.54 Å². The summed E-state index contributed by atoms with van der Waals surface area (Å²) in [5.74, 6) is 0.726. The van der Waals surface area contributed by atoms with Crippen LogP contribution in [0.1, 0.15) is 24.6 Å². The Morgan fingerprint density at radius 3 is 2.75 bits per heavy atom. The first-order chi connectivity index (χ1) is 7.72. The number of nitrogens with zero attached hydrogens (tertiary/aromatic N) is 4. The van der Waals surface area contributed by atoms with Gasteiger partial charge in [0, 0.05) is 18.3 Å². The normalized spacial score (nSPS) is 10.9. The maximum absolute atomic E-state index is 5.91. The first kappa shape index (κ1) is 10.7. The van der Waals surface area contributed by atoms with Crippen molar-refractivity contribution >= 4 is 5.82 Å². The van der Waals surface area contributed by atoms with E-state index in [9.17, 15) is 0 Å². The lowest BCUT2D eigenvalue weighted by atomic mass is 10.3. The van der Waals surface area contributed by atoms with E-state index < -0.39 is 0 Å². The van der Waals surface area contributed by atoms with Gasteiger partial charge in [-0.15, -0.1) is 0 Å². The summed E-state index contributed by atoms with van der Waals surface area (Å²) in [6.07, 6.45) is 4.68. The molecule has 5 heteroatoms. The molecule has 0 saturated carbocycles. The number of nitrogens with two attached hydrogens (primary N) is 1. The van der Waals surface area contributed by atoms with Crippen molar-refractivity contribution in [2.75, 3.05) is 5.73 Å². The summed E-state index contributed by atoms with van der Waals surface area (Å²) >= 11 is 0. The molecule has 86 valence electrons. The summed E-state index contributed by atoms with van der Waals surface area (Å²) < 4.78 is 3.80. The third-order valence-corrected chi connectivity index (χ3v) is 2.62. The van der Waals surface area contributed by atoms with E-state index in [-0.39, 0.29) is 0 Å². The topological polar surface area (TPSA) is 61.7 Å². The number of hydrogen-bond donors (Lipinski definition) is 1. The summed E-state index contributed by atoms with van der Waals surface area (Å²) in [5.41, 5.74) is 8.07. The molecule has 0 spiro atoms. The Balaban J connectivity index is 2.20. The molecule has 2 aromatic heterocycles. The molecule has 5 nitrogen and oxygen atoms in total. The molecule has 2 heterocycles. The highest BCUT2D eigenvalue weighted by atomic mass is 15.3. The third-order valence-electron chi connectivity index (χ3n) is 2.62. The molecule has 0 aliphatic rings. The second kappa shape index (κ2) is 4.38. The van der Waals surface area contributed by atoms with E-state index in [1.165, 1.54) is 0 Å². The van der Waals surface area contributed by atoms with Gasteiger partial charge in [0.25, 0.3) is 0 Å². The molecule has 0 bridgehead atoms. The van der Waals surface area contributed by atoms with Gasteiger partial charge in [-0.1, -0.05) is 6.92 Å². The van der Waals surface area contributed by atoms with E-state index in [1.54, 1.807) is 10.9 Å². The molecule has 0 amide bonds. The molecule has 0 unspecified atom stereocenters. The Morgan fingerprint density at radius 2 is 2.12 bits per heavy atom. The minimum atomic E-state index is 0.680. The van der Waals surface area contributed by atoms with Crippen molar-refractivity contribution in [2.45, 2.75) is 33.4 Å². The van der Waals surface area contributed by atoms with Crippen LogP contribution in [0.25, 0.3) is 0 Å². The highest BCUT2D eigenvalue weighted by molar-refractivity contribution is 5.37. The average molecular weight is 219 g/mol. The zero-order valence-electron chi connectivity index (χ0n) is 9.72. The van der Waals surface area contributed by atoms with Gasteiger partial charge >= 0.3 is 0 Å². The smallest absolute Gasteiger partial charge is 0.125 e. The fourth-order valence-electron chi connectivity index (χ4n) is 1.68. The Kier molecular flexibility index (Phi) is 2.94. The fraction of sp³-hybridized carbons (Fsp3) is 0.455. The molecule has 0 atom stereocenters. The molecule has 0 aliphatic carbocycles. The van der Waals surface area contributed by atoms with Gasteiger partial charge in [-0.25, -0.2) is 4.68 Å². The number of anilines is 1. The summed E-state index contributed by atoms with van der Waals surface area (Å²) in [7, 11) is 0. The first-order valence-electron chi connectivity index (χ1n) is 5.51. The van der Waals surface area contributed by atoms with Gasteiger partial charge in [0.2, 0.25) is 0 Å². The van der Waals surface area contributed by atoms with Crippen molar-refractivity contribution in [3.8, 4) is 0 Å². The van der Waals surface area contributed by atoms with Crippen molar-refractivity contribution in [1.82, 2.24) is 19.6 Å². The van der Waals surface area contributed by atoms with E-state index in [2.05, 4.69) is 17.1 Å². The Morgan fingerprint density at radius 1 is 1.31 bits per heavy atom. The molecule has 0 fully saturated rings. The predicted octanol–water partition coefficient (Wildman–Crippen LogP) is 1.43. The van der Waals surface area contributed by atoms with Crippen LogP contribution in [0.4, 0.5) is 5.82 Å². The van der Waals surface area contributed by atoms with Crippen LogP contribution < -0.4 is 5.73 Å². The molecule has 0 aromatic carbocycles. The van der Waals surface area contributed by atoms with Crippen LogP contribution in [0, 0.1) is 6.92 Å². The Labute approximate surface area is 94.9 Å². The lowest BCUT2D eigenvalue weighted by molar-refractivity contribution is 0.549. The van der Waals surface area contributed by atoms with Gasteiger partial charge in [0.1, 0.15) is 5.82 Å². The van der Waals surface area contributed by atoms with E-state index in [0.717, 1.165) is 30.0 Å². The van der Waals surface area contributed by atoms with Crippen molar-refractivity contribution in [3.63, 3.8) is 0 Å². The van der Waals surface area contributed by atoms with Gasteiger partial charge in [0.15, 0.2) is 0 Å². The zero-order chi connectivity index (χ0) is 11.5. The SMILES string of the molecule is CCCn1nccc1Cn1ncc(C)c1N. The van der Waals surface area contributed by atoms with Gasteiger partial charge in [-0.2, -0.15) is 10.2 Å². The van der Waals surface area contributed by atoms with Crippen molar-refractivity contribution in [3.05, 3.63) is 29.7 Å². The van der Waals surface area contributed by atoms with Gasteiger partial charge in [-0.05, 0) is 19.4 Å². The molecular weight excluding hydrogens is 202 g/mol. The van der Waals surface area contributed by atoms with E-state index in [1.807, 2.05) is 23.9 Å². The molecule has 0 aliphatic heterocycles. The fourth-order valence-corrected chi connectivity index (χ4v) is 1.68. The Hall–Kier alpha value is -1.78. The first-order valence-corrected chi connectivity index (χ1v) is 5.51. The van der Waals surface area contributed by atoms with Crippen LogP contribution in [0.15, 0.2) is 18.5 Å². The van der Waals surface area contributed by atoms with Crippen LogP contribution in [-0.2, 0) is 13.1 Å². The summed E-state index contributed by atoms with van der Waals surface area (Å²) in [5, 5.41) is 8.52. The van der Waals surface area contributed by atoms with Crippen LogP contribution in [-0.4, -0.2) is 19.6 Å². The quantitative estimate of drug-likeness (QED) is 0.846. The number of nitrogen functional groups attached to an aromatic ring is 1. The summed E-state index contributed by atoms with van der Waals surface area (Å²) in [4.78, 5) is 0. The van der Waals surface area contributed by atoms with E-state index >= 15 is 0 Å². The van der Waals surface area contributed by atoms with Gasteiger partial charge in [0.05, 0.1) is 18.4 Å². The minimum absolute atomic E-state index is 0.680. The molecule has 2 aromatic rings. The highest BCUT2D eigenvalue weighted by Crippen LogP contribution is 2.11.